The van der Waals surface area contributed by atoms with Crippen LogP contribution in [-0.4, -0.2) is 36.1 Å². The number of aliphatic carboxylic acids is 1. The summed E-state index contributed by atoms with van der Waals surface area (Å²) >= 11 is 0. The Balaban J connectivity index is 1.85. The molecule has 0 aliphatic heterocycles. The van der Waals surface area contributed by atoms with E-state index in [-0.39, 0.29) is 6.04 Å². The fourth-order valence-corrected chi connectivity index (χ4v) is 5.21. The van der Waals surface area contributed by atoms with E-state index in [0.29, 0.717) is 17.8 Å². The molecule has 0 aromatic heterocycles. The number of likely N-dealkylation sites (N-methyl/N-ethyl adjacent to an activating group) is 1. The molecule has 0 saturated heterocycles. The molecule has 0 aromatic carbocycles. The van der Waals surface area contributed by atoms with Crippen LogP contribution in [0, 0.1) is 29.6 Å². The van der Waals surface area contributed by atoms with Crippen molar-refractivity contribution in [3.8, 4) is 0 Å². The molecule has 0 heterocycles. The van der Waals surface area contributed by atoms with Gasteiger partial charge in [0.25, 0.3) is 0 Å². The summed E-state index contributed by atoms with van der Waals surface area (Å²) in [5.74, 6) is 3.02. The number of carbonyl (C=O) groups is 1. The van der Waals surface area contributed by atoms with Crippen LogP contribution in [0.5, 0.6) is 0 Å². The van der Waals surface area contributed by atoms with E-state index in [0.717, 1.165) is 11.8 Å². The highest BCUT2D eigenvalue weighted by Crippen LogP contribution is 2.57. The highest BCUT2D eigenvalue weighted by molar-refractivity contribution is 5.74. The molecule has 3 nitrogen and oxygen atoms in total. The molecule has 0 amide bonds. The largest absolute Gasteiger partial charge is 0.480 e. The average molecular weight is 237 g/mol. The minimum absolute atomic E-state index is 0.259. The first kappa shape index (κ1) is 11.5. The number of rotatable bonds is 3. The summed E-state index contributed by atoms with van der Waals surface area (Å²) in [6.45, 7) is 0. The Bertz CT molecular complexity index is 298. The van der Waals surface area contributed by atoms with Gasteiger partial charge in [0.05, 0.1) is 0 Å². The van der Waals surface area contributed by atoms with Crippen LogP contribution in [0.2, 0.25) is 0 Å². The van der Waals surface area contributed by atoms with Crippen LogP contribution in [0.1, 0.15) is 32.1 Å². The van der Waals surface area contributed by atoms with Gasteiger partial charge >= 0.3 is 5.97 Å². The van der Waals surface area contributed by atoms with Crippen molar-refractivity contribution in [3.05, 3.63) is 0 Å². The van der Waals surface area contributed by atoms with Crippen molar-refractivity contribution >= 4 is 5.97 Å². The molecule has 1 N–H and O–H groups in total. The molecule has 4 aliphatic carbocycles. The van der Waals surface area contributed by atoms with Crippen molar-refractivity contribution in [2.75, 3.05) is 14.1 Å². The van der Waals surface area contributed by atoms with Crippen molar-refractivity contribution in [2.45, 2.75) is 38.1 Å². The van der Waals surface area contributed by atoms with E-state index in [4.69, 9.17) is 0 Å². The molecule has 4 aliphatic rings. The Morgan fingerprint density at radius 1 is 1.06 bits per heavy atom. The topological polar surface area (TPSA) is 40.5 Å². The number of carboxylic acids is 1. The van der Waals surface area contributed by atoms with Gasteiger partial charge < -0.3 is 5.11 Å². The van der Waals surface area contributed by atoms with E-state index >= 15 is 0 Å². The first-order chi connectivity index (χ1) is 8.06. The molecule has 0 aromatic rings. The van der Waals surface area contributed by atoms with Crippen molar-refractivity contribution in [1.29, 1.82) is 0 Å². The molecular formula is C14H23NO2. The summed E-state index contributed by atoms with van der Waals surface area (Å²) in [4.78, 5) is 13.4. The Labute approximate surface area is 103 Å². The molecule has 0 spiro atoms. The minimum Gasteiger partial charge on any atom is -0.480 e. The van der Waals surface area contributed by atoms with Gasteiger partial charge in [0.2, 0.25) is 0 Å². The molecule has 4 saturated carbocycles. The van der Waals surface area contributed by atoms with Crippen LogP contribution in [0.25, 0.3) is 0 Å². The molecule has 17 heavy (non-hydrogen) atoms. The Morgan fingerprint density at radius 2 is 1.53 bits per heavy atom. The lowest BCUT2D eigenvalue weighted by molar-refractivity contribution is -0.152. The maximum atomic E-state index is 11.5. The van der Waals surface area contributed by atoms with Crippen LogP contribution in [0.4, 0.5) is 0 Å². The number of nitrogens with zero attached hydrogens (tertiary/aromatic N) is 1. The minimum atomic E-state index is -0.618. The third kappa shape index (κ3) is 1.79. The van der Waals surface area contributed by atoms with Gasteiger partial charge in [-0.1, -0.05) is 0 Å². The smallest absolute Gasteiger partial charge is 0.321 e. The average Bonchev–Trinajstić information content (AvgIpc) is 2.20. The zero-order valence-electron chi connectivity index (χ0n) is 10.8. The standard InChI is InChI=1S/C14H23NO2/c1-15(2)13(14(16)17)12-10-4-8-3-9(6-10)7-11(12)5-8/h8-13H,3-7H2,1-2H3,(H,16,17). The fraction of sp³-hybridized carbons (Fsp3) is 0.929. The molecule has 4 rings (SSSR count). The normalized spacial score (nSPS) is 45.2. The van der Waals surface area contributed by atoms with E-state index in [1.165, 1.54) is 32.1 Å². The van der Waals surface area contributed by atoms with Crippen LogP contribution in [0.15, 0.2) is 0 Å². The van der Waals surface area contributed by atoms with E-state index in [1.54, 1.807) is 0 Å². The van der Waals surface area contributed by atoms with E-state index in [9.17, 15) is 9.90 Å². The predicted octanol–water partition coefficient (Wildman–Crippen LogP) is 2.07. The van der Waals surface area contributed by atoms with Gasteiger partial charge in [-0.2, -0.15) is 0 Å². The molecule has 0 radical (unpaired) electrons. The number of hydrogen-bond donors (Lipinski definition) is 1. The van der Waals surface area contributed by atoms with Crippen LogP contribution >= 0.6 is 0 Å². The third-order valence-corrected chi connectivity index (χ3v) is 5.47. The summed E-state index contributed by atoms with van der Waals surface area (Å²) in [5.41, 5.74) is 0. The molecular weight excluding hydrogens is 214 g/mol. The first-order valence-corrected chi connectivity index (χ1v) is 6.95. The van der Waals surface area contributed by atoms with Crippen LogP contribution in [0.3, 0.4) is 0 Å². The molecule has 1 unspecified atom stereocenters. The van der Waals surface area contributed by atoms with Gasteiger partial charge in [-0.3, -0.25) is 9.69 Å². The van der Waals surface area contributed by atoms with Crippen molar-refractivity contribution in [2.24, 2.45) is 29.6 Å². The number of carboxylic acid groups (broad SMARTS) is 1. The van der Waals surface area contributed by atoms with Crippen molar-refractivity contribution < 1.29 is 9.90 Å². The van der Waals surface area contributed by atoms with Gasteiger partial charge in [0, 0.05) is 0 Å². The van der Waals surface area contributed by atoms with Gasteiger partial charge in [-0.25, -0.2) is 0 Å². The maximum absolute atomic E-state index is 11.5. The van der Waals surface area contributed by atoms with E-state index < -0.39 is 5.97 Å². The zero-order valence-corrected chi connectivity index (χ0v) is 10.8. The highest BCUT2D eigenvalue weighted by Gasteiger charge is 2.52. The lowest BCUT2D eigenvalue weighted by Gasteiger charge is -2.56. The highest BCUT2D eigenvalue weighted by atomic mass is 16.4. The molecule has 3 heteroatoms. The second-order valence-corrected chi connectivity index (χ2v) is 6.75. The third-order valence-electron chi connectivity index (χ3n) is 5.47. The van der Waals surface area contributed by atoms with Gasteiger partial charge in [0.15, 0.2) is 0 Å². The lowest BCUT2D eigenvalue weighted by atomic mass is 9.50. The van der Waals surface area contributed by atoms with Gasteiger partial charge in [-0.05, 0) is 75.8 Å². The summed E-state index contributed by atoms with van der Waals surface area (Å²) in [5, 5.41) is 9.49. The zero-order chi connectivity index (χ0) is 12.2. The summed E-state index contributed by atoms with van der Waals surface area (Å²) in [6, 6.07) is -0.259. The second kappa shape index (κ2) is 3.98. The quantitative estimate of drug-likeness (QED) is 0.817. The summed E-state index contributed by atoms with van der Waals surface area (Å²) < 4.78 is 0. The monoisotopic (exact) mass is 237 g/mol. The van der Waals surface area contributed by atoms with E-state index in [2.05, 4.69) is 0 Å². The molecule has 96 valence electrons. The van der Waals surface area contributed by atoms with Crippen LogP contribution in [-0.2, 0) is 4.79 Å². The first-order valence-electron chi connectivity index (χ1n) is 6.95. The Morgan fingerprint density at radius 3 is 1.88 bits per heavy atom. The molecule has 1 atom stereocenters. The van der Waals surface area contributed by atoms with E-state index in [1.807, 2.05) is 19.0 Å². The molecule has 4 fully saturated rings. The van der Waals surface area contributed by atoms with Gasteiger partial charge in [-0.15, -0.1) is 0 Å². The number of hydrogen-bond acceptors (Lipinski definition) is 2. The van der Waals surface area contributed by atoms with Crippen molar-refractivity contribution in [1.82, 2.24) is 4.90 Å². The van der Waals surface area contributed by atoms with Crippen molar-refractivity contribution in [3.63, 3.8) is 0 Å². The SMILES string of the molecule is CN(C)C(C(=O)O)C1C2CC3CC(C2)CC1C3. The molecule has 4 bridgehead atoms. The Hall–Kier alpha value is -0.570. The summed E-state index contributed by atoms with van der Waals surface area (Å²) in [6.07, 6.45) is 6.63. The predicted molar refractivity (Wildman–Crippen MR) is 65.6 cm³/mol. The fourth-order valence-electron chi connectivity index (χ4n) is 5.21. The second-order valence-electron chi connectivity index (χ2n) is 6.75. The lowest BCUT2D eigenvalue weighted by Crippen LogP contribution is -2.55. The Kier molecular flexibility index (Phi) is 2.69. The van der Waals surface area contributed by atoms with Gasteiger partial charge in [0.1, 0.15) is 6.04 Å². The summed E-state index contributed by atoms with van der Waals surface area (Å²) in [7, 11) is 3.84. The van der Waals surface area contributed by atoms with Crippen LogP contribution < -0.4 is 0 Å². The maximum Gasteiger partial charge on any atom is 0.321 e.